The first-order chi connectivity index (χ1) is 9.22. The van der Waals surface area contributed by atoms with Crippen molar-refractivity contribution in [3.63, 3.8) is 0 Å². The van der Waals surface area contributed by atoms with E-state index in [1.807, 2.05) is 18.2 Å². The van der Waals surface area contributed by atoms with Crippen LogP contribution in [-0.4, -0.2) is 50.5 Å². The van der Waals surface area contributed by atoms with Gasteiger partial charge in [0.15, 0.2) is 5.11 Å². The monoisotopic (exact) mass is 282 g/mol. The predicted octanol–water partition coefficient (Wildman–Crippen LogP) is 1.73. The molecular weight excluding hydrogens is 264 g/mol. The minimum Gasteiger partial charge on any atom is -0.497 e. The summed E-state index contributed by atoms with van der Waals surface area (Å²) in [5.74, 6) is 1.46. The summed E-state index contributed by atoms with van der Waals surface area (Å²) in [6.45, 7) is 3.05. The van der Waals surface area contributed by atoms with Crippen LogP contribution in [0, 0.1) is 0 Å². The van der Waals surface area contributed by atoms with Gasteiger partial charge >= 0.3 is 0 Å². The minimum atomic E-state index is 0.693. The van der Waals surface area contributed by atoms with Crippen molar-refractivity contribution in [1.82, 2.24) is 4.90 Å². The van der Waals surface area contributed by atoms with E-state index in [4.69, 9.17) is 26.4 Å². The number of thiocarbonyl (C=S) groups is 1. The number of nitrogens with zero attached hydrogens (tertiary/aromatic N) is 1. The van der Waals surface area contributed by atoms with E-state index < -0.39 is 0 Å². The van der Waals surface area contributed by atoms with Gasteiger partial charge in [-0.2, -0.15) is 0 Å². The number of nitrogens with one attached hydrogen (secondary N) is 1. The van der Waals surface area contributed by atoms with Crippen molar-refractivity contribution >= 4 is 23.0 Å². The molecule has 1 heterocycles. The molecule has 0 bridgehead atoms. The van der Waals surface area contributed by atoms with Crippen LogP contribution in [0.4, 0.5) is 5.69 Å². The highest BCUT2D eigenvalue weighted by Crippen LogP contribution is 2.26. The summed E-state index contributed by atoms with van der Waals surface area (Å²) in [4.78, 5) is 2.09. The molecule has 1 aliphatic rings. The molecule has 5 nitrogen and oxygen atoms in total. The molecule has 0 amide bonds. The molecule has 2 rings (SSSR count). The standard InChI is InChI=1S/C13H18N2O3S/c1-16-11-7-10(8-12(9-11)17-2)14-13(19)15-3-5-18-6-4-15/h7-9H,3-6H2,1-2H3,(H,14,19). The molecule has 1 N–H and O–H groups in total. The third kappa shape index (κ3) is 3.71. The van der Waals surface area contributed by atoms with Crippen molar-refractivity contribution in [2.24, 2.45) is 0 Å². The zero-order valence-electron chi connectivity index (χ0n) is 11.1. The fourth-order valence-corrected chi connectivity index (χ4v) is 2.15. The van der Waals surface area contributed by atoms with Crippen LogP contribution in [0.25, 0.3) is 0 Å². The van der Waals surface area contributed by atoms with E-state index in [-0.39, 0.29) is 0 Å². The van der Waals surface area contributed by atoms with Gasteiger partial charge in [0.2, 0.25) is 0 Å². The Morgan fingerprint density at radius 2 is 1.74 bits per heavy atom. The van der Waals surface area contributed by atoms with Gasteiger partial charge in [-0.25, -0.2) is 0 Å². The Hall–Kier alpha value is -1.53. The molecule has 1 saturated heterocycles. The molecule has 0 aliphatic carbocycles. The fraction of sp³-hybridized carbons (Fsp3) is 0.462. The largest absolute Gasteiger partial charge is 0.497 e. The molecule has 1 aromatic rings. The zero-order chi connectivity index (χ0) is 13.7. The molecule has 1 aliphatic heterocycles. The van der Waals surface area contributed by atoms with Crippen molar-refractivity contribution in [3.8, 4) is 11.5 Å². The van der Waals surface area contributed by atoms with Gasteiger partial charge in [-0.3, -0.25) is 0 Å². The van der Waals surface area contributed by atoms with E-state index in [9.17, 15) is 0 Å². The van der Waals surface area contributed by atoms with Crippen LogP contribution in [0.15, 0.2) is 18.2 Å². The molecule has 0 saturated carbocycles. The second-order valence-electron chi connectivity index (χ2n) is 4.13. The van der Waals surface area contributed by atoms with Crippen LogP contribution >= 0.6 is 12.2 Å². The summed E-state index contributed by atoms with van der Waals surface area (Å²) in [6, 6.07) is 5.59. The van der Waals surface area contributed by atoms with Crippen LogP contribution in [-0.2, 0) is 4.74 Å². The Labute approximate surface area is 118 Å². The third-order valence-corrected chi connectivity index (χ3v) is 3.26. The quantitative estimate of drug-likeness (QED) is 0.852. The first-order valence-corrected chi connectivity index (χ1v) is 6.50. The van der Waals surface area contributed by atoms with E-state index in [0.717, 1.165) is 30.3 Å². The minimum absolute atomic E-state index is 0.693. The highest BCUT2D eigenvalue weighted by Gasteiger charge is 2.14. The maximum atomic E-state index is 5.39. The second-order valence-corrected chi connectivity index (χ2v) is 4.52. The lowest BCUT2D eigenvalue weighted by atomic mass is 10.3. The molecule has 0 aromatic heterocycles. The van der Waals surface area contributed by atoms with Crippen LogP contribution in [0.3, 0.4) is 0 Å². The van der Waals surface area contributed by atoms with Gasteiger partial charge < -0.3 is 24.4 Å². The molecule has 104 valence electrons. The van der Waals surface area contributed by atoms with Crippen LogP contribution in [0.2, 0.25) is 0 Å². The Balaban J connectivity index is 2.06. The van der Waals surface area contributed by atoms with Gasteiger partial charge in [0.25, 0.3) is 0 Å². The Kier molecular flexibility index (Phi) is 4.81. The van der Waals surface area contributed by atoms with Crippen molar-refractivity contribution in [2.75, 3.05) is 45.8 Å². The average molecular weight is 282 g/mol. The summed E-state index contributed by atoms with van der Waals surface area (Å²) < 4.78 is 15.8. The zero-order valence-corrected chi connectivity index (χ0v) is 12.0. The fourth-order valence-electron chi connectivity index (χ4n) is 1.85. The number of hydrogen-bond acceptors (Lipinski definition) is 4. The first-order valence-electron chi connectivity index (χ1n) is 6.09. The SMILES string of the molecule is COc1cc(NC(=S)N2CCOCC2)cc(OC)c1. The normalized spacial score (nSPS) is 14.9. The lowest BCUT2D eigenvalue weighted by Crippen LogP contribution is -2.42. The van der Waals surface area contributed by atoms with E-state index in [2.05, 4.69) is 10.2 Å². The van der Waals surface area contributed by atoms with Gasteiger partial charge in [0.1, 0.15) is 11.5 Å². The van der Waals surface area contributed by atoms with Gasteiger partial charge in [-0.15, -0.1) is 0 Å². The summed E-state index contributed by atoms with van der Waals surface area (Å²) in [5.41, 5.74) is 0.854. The van der Waals surface area contributed by atoms with Crippen LogP contribution in [0.1, 0.15) is 0 Å². The lowest BCUT2D eigenvalue weighted by Gasteiger charge is -2.29. The smallest absolute Gasteiger partial charge is 0.173 e. The summed E-state index contributed by atoms with van der Waals surface area (Å²) in [5, 5.41) is 3.90. The number of benzene rings is 1. The van der Waals surface area contributed by atoms with Crippen molar-refractivity contribution < 1.29 is 14.2 Å². The second kappa shape index (κ2) is 6.58. The Morgan fingerprint density at radius 1 is 1.16 bits per heavy atom. The maximum absolute atomic E-state index is 5.39. The molecule has 6 heteroatoms. The van der Waals surface area contributed by atoms with Gasteiger partial charge in [0, 0.05) is 37.0 Å². The number of hydrogen-bond donors (Lipinski definition) is 1. The first kappa shape index (κ1) is 13.9. The topological polar surface area (TPSA) is 43.0 Å². The van der Waals surface area contributed by atoms with E-state index in [0.29, 0.717) is 18.3 Å². The van der Waals surface area contributed by atoms with E-state index in [1.54, 1.807) is 14.2 Å². The number of rotatable bonds is 3. The molecule has 1 aromatic carbocycles. The number of anilines is 1. The van der Waals surface area contributed by atoms with Gasteiger partial charge in [-0.1, -0.05) is 0 Å². The van der Waals surface area contributed by atoms with Crippen LogP contribution in [0.5, 0.6) is 11.5 Å². The molecule has 1 fully saturated rings. The molecule has 19 heavy (non-hydrogen) atoms. The molecule has 0 spiro atoms. The van der Waals surface area contributed by atoms with Gasteiger partial charge in [0.05, 0.1) is 27.4 Å². The summed E-state index contributed by atoms with van der Waals surface area (Å²) in [7, 11) is 3.25. The number of methoxy groups -OCH3 is 2. The van der Waals surface area contributed by atoms with E-state index in [1.165, 1.54) is 0 Å². The predicted molar refractivity (Wildman–Crippen MR) is 78.2 cm³/mol. The number of morpholine rings is 1. The summed E-state index contributed by atoms with van der Waals surface area (Å²) >= 11 is 5.39. The summed E-state index contributed by atoms with van der Waals surface area (Å²) in [6.07, 6.45) is 0. The molecular formula is C13H18N2O3S. The molecule has 0 unspecified atom stereocenters. The highest BCUT2D eigenvalue weighted by atomic mass is 32.1. The highest BCUT2D eigenvalue weighted by molar-refractivity contribution is 7.80. The van der Waals surface area contributed by atoms with Gasteiger partial charge in [-0.05, 0) is 12.2 Å². The van der Waals surface area contributed by atoms with Crippen LogP contribution < -0.4 is 14.8 Å². The maximum Gasteiger partial charge on any atom is 0.173 e. The lowest BCUT2D eigenvalue weighted by molar-refractivity contribution is 0.0690. The molecule has 0 radical (unpaired) electrons. The molecule has 0 atom stereocenters. The van der Waals surface area contributed by atoms with Crippen molar-refractivity contribution in [2.45, 2.75) is 0 Å². The Morgan fingerprint density at radius 3 is 2.26 bits per heavy atom. The van der Waals surface area contributed by atoms with E-state index >= 15 is 0 Å². The Bertz CT molecular complexity index is 425. The average Bonchev–Trinajstić information content (AvgIpc) is 2.47. The number of ether oxygens (including phenoxy) is 3. The van der Waals surface area contributed by atoms with Crippen molar-refractivity contribution in [1.29, 1.82) is 0 Å². The third-order valence-electron chi connectivity index (χ3n) is 2.90. The van der Waals surface area contributed by atoms with Crippen molar-refractivity contribution in [3.05, 3.63) is 18.2 Å².